The van der Waals surface area contributed by atoms with Crippen molar-refractivity contribution in [1.29, 1.82) is 0 Å². The highest BCUT2D eigenvalue weighted by molar-refractivity contribution is 5.84. The molecule has 0 aromatic heterocycles. The molecule has 21 heavy (non-hydrogen) atoms. The number of benzene rings is 2. The van der Waals surface area contributed by atoms with Crippen molar-refractivity contribution in [3.63, 3.8) is 0 Å². The zero-order valence-electron chi connectivity index (χ0n) is 11.8. The number of carbonyl (C=O) groups excluding carboxylic acids is 1. The maximum absolute atomic E-state index is 14.1. The van der Waals surface area contributed by atoms with Gasteiger partial charge in [-0.25, -0.2) is 4.79 Å². The van der Waals surface area contributed by atoms with Crippen molar-refractivity contribution in [1.82, 2.24) is 0 Å². The fourth-order valence-corrected chi connectivity index (χ4v) is 2.09. The summed E-state index contributed by atoms with van der Waals surface area (Å²) < 4.78 is 32.6. The van der Waals surface area contributed by atoms with Crippen LogP contribution in [0.15, 0.2) is 42.5 Å². The first-order valence-corrected chi connectivity index (χ1v) is 6.57. The Balaban J connectivity index is 2.47. The van der Waals surface area contributed by atoms with Crippen LogP contribution in [0.4, 0.5) is 8.78 Å². The predicted octanol–water partition coefficient (Wildman–Crippen LogP) is 3.25. The lowest BCUT2D eigenvalue weighted by molar-refractivity contribution is -0.212. The van der Waals surface area contributed by atoms with Crippen molar-refractivity contribution in [2.45, 2.75) is 25.4 Å². The van der Waals surface area contributed by atoms with Gasteiger partial charge in [-0.1, -0.05) is 36.4 Å². The molecule has 2 rings (SSSR count). The summed E-state index contributed by atoms with van der Waals surface area (Å²) in [6.07, 6.45) is 0. The molecule has 0 spiro atoms. The summed E-state index contributed by atoms with van der Waals surface area (Å²) in [7, 11) is 0. The Morgan fingerprint density at radius 3 is 2.43 bits per heavy atom. The molecule has 2 aromatic carbocycles. The molecule has 0 radical (unpaired) electrons. The first kappa shape index (κ1) is 15.4. The van der Waals surface area contributed by atoms with Crippen LogP contribution in [0.25, 0.3) is 10.8 Å². The van der Waals surface area contributed by atoms with E-state index in [9.17, 15) is 18.7 Å². The maximum Gasteiger partial charge on any atom is 0.380 e. The van der Waals surface area contributed by atoms with Crippen molar-refractivity contribution in [3.05, 3.63) is 48.0 Å². The number of halogens is 2. The lowest BCUT2D eigenvalue weighted by Gasteiger charge is -2.31. The lowest BCUT2D eigenvalue weighted by Crippen LogP contribution is -2.49. The molecule has 1 atom stereocenters. The number of aliphatic hydroxyl groups is 1. The largest absolute Gasteiger partial charge is 0.461 e. The third-order valence-corrected chi connectivity index (χ3v) is 3.45. The van der Waals surface area contributed by atoms with Gasteiger partial charge in [0.2, 0.25) is 0 Å². The van der Waals surface area contributed by atoms with Gasteiger partial charge in [0.1, 0.15) is 0 Å². The number of alkyl halides is 2. The van der Waals surface area contributed by atoms with E-state index in [4.69, 9.17) is 0 Å². The average Bonchev–Trinajstić information content (AvgIpc) is 2.46. The molecule has 0 aliphatic rings. The molecule has 0 heterocycles. The number of ether oxygens (including phenoxy) is 1. The van der Waals surface area contributed by atoms with Crippen LogP contribution < -0.4 is 0 Å². The lowest BCUT2D eigenvalue weighted by atomic mass is 9.88. The molecular weight excluding hydrogens is 278 g/mol. The third-order valence-electron chi connectivity index (χ3n) is 3.45. The summed E-state index contributed by atoms with van der Waals surface area (Å²) in [4.78, 5) is 11.4. The van der Waals surface area contributed by atoms with Crippen LogP contribution in [0, 0.1) is 0 Å². The van der Waals surface area contributed by atoms with E-state index in [2.05, 4.69) is 4.74 Å². The van der Waals surface area contributed by atoms with E-state index in [1.807, 2.05) is 12.1 Å². The normalized spacial score (nSPS) is 14.7. The SMILES string of the molecule is CCOC(=O)C(F)(F)C(C)(O)c1ccc2ccccc2c1. The second-order valence-corrected chi connectivity index (χ2v) is 4.93. The molecule has 0 aliphatic carbocycles. The van der Waals surface area contributed by atoms with Gasteiger partial charge in [0.25, 0.3) is 0 Å². The first-order chi connectivity index (χ1) is 9.80. The van der Waals surface area contributed by atoms with E-state index >= 15 is 0 Å². The number of esters is 1. The Morgan fingerprint density at radius 1 is 1.19 bits per heavy atom. The monoisotopic (exact) mass is 294 g/mol. The van der Waals surface area contributed by atoms with Crippen LogP contribution >= 0.6 is 0 Å². The van der Waals surface area contributed by atoms with Crippen LogP contribution in [0.1, 0.15) is 19.4 Å². The van der Waals surface area contributed by atoms with Gasteiger partial charge in [0, 0.05) is 0 Å². The molecule has 5 heteroatoms. The van der Waals surface area contributed by atoms with E-state index in [1.165, 1.54) is 19.1 Å². The van der Waals surface area contributed by atoms with Crippen molar-refractivity contribution >= 4 is 16.7 Å². The number of fused-ring (bicyclic) bond motifs is 1. The second-order valence-electron chi connectivity index (χ2n) is 4.93. The summed E-state index contributed by atoms with van der Waals surface area (Å²) >= 11 is 0. The smallest absolute Gasteiger partial charge is 0.380 e. The Morgan fingerprint density at radius 2 is 1.81 bits per heavy atom. The molecule has 3 nitrogen and oxygen atoms in total. The van der Waals surface area contributed by atoms with Gasteiger partial charge in [0.15, 0.2) is 5.60 Å². The average molecular weight is 294 g/mol. The van der Waals surface area contributed by atoms with Gasteiger partial charge in [0.05, 0.1) is 6.61 Å². The van der Waals surface area contributed by atoms with Crippen molar-refractivity contribution in [2.24, 2.45) is 0 Å². The van der Waals surface area contributed by atoms with Gasteiger partial charge in [-0.2, -0.15) is 8.78 Å². The molecule has 1 N–H and O–H groups in total. The van der Waals surface area contributed by atoms with E-state index < -0.39 is 17.5 Å². The van der Waals surface area contributed by atoms with Gasteiger partial charge in [-0.05, 0) is 36.2 Å². The van der Waals surface area contributed by atoms with Gasteiger partial charge >= 0.3 is 11.9 Å². The highest BCUT2D eigenvalue weighted by Gasteiger charge is 2.57. The number of carbonyl (C=O) groups is 1. The van der Waals surface area contributed by atoms with Crippen LogP contribution in [0.3, 0.4) is 0 Å². The predicted molar refractivity (Wildman–Crippen MR) is 75.1 cm³/mol. The van der Waals surface area contributed by atoms with E-state index in [0.29, 0.717) is 5.39 Å². The van der Waals surface area contributed by atoms with E-state index in [1.54, 1.807) is 18.2 Å². The Kier molecular flexibility index (Phi) is 3.96. The standard InChI is InChI=1S/C16H16F2O3/c1-3-21-14(19)16(17,18)15(2,20)13-9-8-11-6-4-5-7-12(11)10-13/h4-10,20H,3H2,1-2H3. The Hall–Kier alpha value is -2.01. The number of hydrogen-bond acceptors (Lipinski definition) is 3. The minimum atomic E-state index is -4.04. The topological polar surface area (TPSA) is 46.5 Å². The molecular formula is C16H16F2O3. The first-order valence-electron chi connectivity index (χ1n) is 6.57. The molecule has 0 saturated heterocycles. The minimum Gasteiger partial charge on any atom is -0.461 e. The second kappa shape index (κ2) is 5.41. The fraction of sp³-hybridized carbons (Fsp3) is 0.312. The fourth-order valence-electron chi connectivity index (χ4n) is 2.09. The van der Waals surface area contributed by atoms with Gasteiger partial charge in [-0.3, -0.25) is 0 Å². The number of rotatable bonds is 4. The number of hydrogen-bond donors (Lipinski definition) is 1. The summed E-state index contributed by atoms with van der Waals surface area (Å²) in [5, 5.41) is 11.8. The Labute approximate surface area is 121 Å². The van der Waals surface area contributed by atoms with Crippen LogP contribution in [0.5, 0.6) is 0 Å². The third kappa shape index (κ3) is 2.61. The molecule has 2 aromatic rings. The van der Waals surface area contributed by atoms with Gasteiger partial charge in [-0.15, -0.1) is 0 Å². The molecule has 0 amide bonds. The summed E-state index contributed by atoms with van der Waals surface area (Å²) in [6, 6.07) is 11.6. The Bertz CT molecular complexity index is 665. The molecule has 0 bridgehead atoms. The highest BCUT2D eigenvalue weighted by atomic mass is 19.3. The van der Waals surface area contributed by atoms with Crippen molar-refractivity contribution in [2.75, 3.05) is 6.61 Å². The van der Waals surface area contributed by atoms with Crippen LogP contribution in [0.2, 0.25) is 0 Å². The van der Waals surface area contributed by atoms with Crippen molar-refractivity contribution < 1.29 is 23.4 Å². The van der Waals surface area contributed by atoms with E-state index in [-0.39, 0.29) is 12.2 Å². The molecule has 0 fully saturated rings. The summed E-state index contributed by atoms with van der Waals surface area (Å²) in [5.74, 6) is -5.77. The molecule has 0 aliphatic heterocycles. The molecule has 0 saturated carbocycles. The zero-order chi connectivity index (χ0) is 15.7. The molecule has 1 unspecified atom stereocenters. The molecule has 112 valence electrons. The van der Waals surface area contributed by atoms with E-state index in [0.717, 1.165) is 12.3 Å². The summed E-state index contributed by atoms with van der Waals surface area (Å²) in [5.41, 5.74) is -2.69. The zero-order valence-corrected chi connectivity index (χ0v) is 11.8. The van der Waals surface area contributed by atoms with Crippen molar-refractivity contribution in [3.8, 4) is 0 Å². The maximum atomic E-state index is 14.1. The van der Waals surface area contributed by atoms with Crippen LogP contribution in [-0.2, 0) is 15.1 Å². The van der Waals surface area contributed by atoms with Gasteiger partial charge < -0.3 is 9.84 Å². The summed E-state index contributed by atoms with van der Waals surface area (Å²) in [6.45, 7) is 2.16. The highest BCUT2D eigenvalue weighted by Crippen LogP contribution is 2.39. The quantitative estimate of drug-likeness (QED) is 0.881. The minimum absolute atomic E-state index is 0.0424. The van der Waals surface area contributed by atoms with Crippen LogP contribution in [-0.4, -0.2) is 23.6 Å².